The molecule has 1 amide bonds. The maximum atomic E-state index is 12.4. The van der Waals surface area contributed by atoms with E-state index in [1.165, 1.54) is 38.3 Å². The molecule has 0 aliphatic heterocycles. The van der Waals surface area contributed by atoms with Crippen LogP contribution in [0.15, 0.2) is 59.7 Å². The first-order chi connectivity index (χ1) is 16.2. The van der Waals surface area contributed by atoms with Crippen molar-refractivity contribution in [1.82, 2.24) is 15.6 Å². The van der Waals surface area contributed by atoms with Crippen molar-refractivity contribution in [1.29, 1.82) is 0 Å². The number of amides is 1. The second-order valence-electron chi connectivity index (χ2n) is 7.75. The molecule has 0 aliphatic carbocycles. The molecule has 7 heteroatoms. The summed E-state index contributed by atoms with van der Waals surface area (Å²) >= 11 is 0. The van der Waals surface area contributed by atoms with Gasteiger partial charge in [0.05, 0.1) is 25.6 Å². The highest BCUT2D eigenvalue weighted by atomic mass is 16.5. The van der Waals surface area contributed by atoms with Gasteiger partial charge in [-0.2, -0.15) is 10.2 Å². The standard InChI is InChI=1S/C26H32N4O3/c1-3-4-5-6-7-10-17-33-22-15-13-20(14-16-22)23-18-24(29-28-23)26(31)30-27-19-21-11-8-9-12-25(21)32-2/h8-9,11-16,18-19H,3-7,10,17H2,1-2H3,(H,28,29)(H,30,31)/b27-19-. The van der Waals surface area contributed by atoms with E-state index in [9.17, 15) is 4.79 Å². The minimum absolute atomic E-state index is 0.325. The van der Waals surface area contributed by atoms with Gasteiger partial charge in [0.2, 0.25) is 0 Å². The lowest BCUT2D eigenvalue weighted by Gasteiger charge is -2.06. The molecule has 0 saturated heterocycles. The molecule has 0 bridgehead atoms. The lowest BCUT2D eigenvalue weighted by Crippen LogP contribution is -2.18. The van der Waals surface area contributed by atoms with Crippen LogP contribution in [0.25, 0.3) is 11.3 Å². The van der Waals surface area contributed by atoms with Gasteiger partial charge in [0.15, 0.2) is 0 Å². The number of hydrogen-bond acceptors (Lipinski definition) is 5. The van der Waals surface area contributed by atoms with E-state index in [1.807, 2.05) is 48.5 Å². The fraction of sp³-hybridized carbons (Fsp3) is 0.346. The average Bonchev–Trinajstić information content (AvgIpc) is 3.35. The molecule has 0 radical (unpaired) electrons. The van der Waals surface area contributed by atoms with Gasteiger partial charge < -0.3 is 9.47 Å². The number of para-hydroxylation sites is 1. The Kier molecular flexibility index (Phi) is 9.51. The summed E-state index contributed by atoms with van der Waals surface area (Å²) in [4.78, 5) is 12.4. The van der Waals surface area contributed by atoms with Gasteiger partial charge in [-0.25, -0.2) is 5.43 Å². The molecule has 33 heavy (non-hydrogen) atoms. The SMILES string of the molecule is CCCCCCCCOc1ccc(-c2cc(C(=O)N/N=C\c3ccccc3OC)[nH]n2)cc1. The van der Waals surface area contributed by atoms with Gasteiger partial charge in [-0.15, -0.1) is 0 Å². The Bertz CT molecular complexity index is 1030. The number of methoxy groups -OCH3 is 1. The minimum atomic E-state index is -0.376. The number of rotatable bonds is 13. The number of benzene rings is 2. The van der Waals surface area contributed by atoms with E-state index in [0.717, 1.165) is 29.9 Å². The molecular weight excluding hydrogens is 416 g/mol. The lowest BCUT2D eigenvalue weighted by molar-refractivity contribution is 0.0950. The molecule has 2 aromatic carbocycles. The summed E-state index contributed by atoms with van der Waals surface area (Å²) in [6, 6.07) is 16.9. The number of nitrogens with zero attached hydrogens (tertiary/aromatic N) is 2. The highest BCUT2D eigenvalue weighted by Crippen LogP contribution is 2.22. The van der Waals surface area contributed by atoms with Gasteiger partial charge >= 0.3 is 0 Å². The first-order valence-electron chi connectivity index (χ1n) is 11.5. The topological polar surface area (TPSA) is 88.6 Å². The molecule has 174 valence electrons. The monoisotopic (exact) mass is 448 g/mol. The summed E-state index contributed by atoms with van der Waals surface area (Å²) in [6.45, 7) is 2.96. The van der Waals surface area contributed by atoms with Crippen LogP contribution in [0.4, 0.5) is 0 Å². The Morgan fingerprint density at radius 3 is 2.61 bits per heavy atom. The first kappa shape index (κ1) is 24.0. The van der Waals surface area contributed by atoms with Gasteiger partial charge in [0.25, 0.3) is 5.91 Å². The number of hydrazone groups is 1. The smallest absolute Gasteiger partial charge is 0.289 e. The minimum Gasteiger partial charge on any atom is -0.496 e. The summed E-state index contributed by atoms with van der Waals surface area (Å²) in [5.74, 6) is 1.14. The van der Waals surface area contributed by atoms with Gasteiger partial charge in [-0.3, -0.25) is 9.89 Å². The Morgan fingerprint density at radius 1 is 1.06 bits per heavy atom. The van der Waals surface area contributed by atoms with Crippen LogP contribution in [0, 0.1) is 0 Å². The maximum absolute atomic E-state index is 12.4. The molecule has 0 unspecified atom stereocenters. The molecular formula is C26H32N4O3. The summed E-state index contributed by atoms with van der Waals surface area (Å²) in [5.41, 5.74) is 5.17. The van der Waals surface area contributed by atoms with E-state index < -0.39 is 0 Å². The third-order valence-electron chi connectivity index (χ3n) is 5.25. The van der Waals surface area contributed by atoms with Crippen LogP contribution in [0.3, 0.4) is 0 Å². The highest BCUT2D eigenvalue weighted by molar-refractivity contribution is 5.94. The van der Waals surface area contributed by atoms with E-state index in [0.29, 0.717) is 17.1 Å². The van der Waals surface area contributed by atoms with Crippen LogP contribution in [0.2, 0.25) is 0 Å². The third-order valence-corrected chi connectivity index (χ3v) is 5.25. The summed E-state index contributed by atoms with van der Waals surface area (Å²) in [5, 5.41) is 11.0. The van der Waals surface area contributed by atoms with Crippen LogP contribution < -0.4 is 14.9 Å². The van der Waals surface area contributed by atoms with Crippen LogP contribution in [-0.4, -0.2) is 36.0 Å². The number of aromatic amines is 1. The molecule has 0 saturated carbocycles. The molecule has 0 spiro atoms. The summed E-state index contributed by atoms with van der Waals surface area (Å²) in [7, 11) is 1.59. The zero-order valence-electron chi connectivity index (χ0n) is 19.3. The summed E-state index contributed by atoms with van der Waals surface area (Å²) < 4.78 is 11.1. The fourth-order valence-electron chi connectivity index (χ4n) is 3.37. The molecule has 1 aromatic heterocycles. The Labute approximate surface area is 195 Å². The van der Waals surface area contributed by atoms with Crippen LogP contribution >= 0.6 is 0 Å². The molecule has 2 N–H and O–H groups in total. The number of aromatic nitrogens is 2. The van der Waals surface area contributed by atoms with Crippen molar-refractivity contribution in [2.24, 2.45) is 5.10 Å². The molecule has 3 aromatic rings. The van der Waals surface area contributed by atoms with Crippen molar-refractivity contribution in [3.05, 3.63) is 65.9 Å². The molecule has 1 heterocycles. The zero-order chi connectivity index (χ0) is 23.3. The van der Waals surface area contributed by atoms with Gasteiger partial charge in [-0.05, 0) is 48.9 Å². The predicted molar refractivity (Wildman–Crippen MR) is 131 cm³/mol. The van der Waals surface area contributed by atoms with E-state index in [4.69, 9.17) is 9.47 Å². The molecule has 0 atom stereocenters. The van der Waals surface area contributed by atoms with Crippen LogP contribution in [-0.2, 0) is 0 Å². The normalized spacial score (nSPS) is 11.0. The van der Waals surface area contributed by atoms with Crippen molar-refractivity contribution < 1.29 is 14.3 Å². The number of nitrogens with one attached hydrogen (secondary N) is 2. The third kappa shape index (κ3) is 7.49. The number of carbonyl (C=O) groups excluding carboxylic acids is 1. The van der Waals surface area contributed by atoms with E-state index in [2.05, 4.69) is 27.6 Å². The average molecular weight is 449 g/mol. The molecule has 0 aliphatic rings. The number of carbonyl (C=O) groups is 1. The van der Waals surface area contributed by atoms with Gasteiger partial charge in [0.1, 0.15) is 17.2 Å². The van der Waals surface area contributed by atoms with Crippen LogP contribution in [0.1, 0.15) is 61.5 Å². The van der Waals surface area contributed by atoms with Crippen molar-refractivity contribution in [3.8, 4) is 22.8 Å². The number of ether oxygens (including phenoxy) is 2. The van der Waals surface area contributed by atoms with E-state index in [1.54, 1.807) is 13.2 Å². The predicted octanol–water partition coefficient (Wildman–Crippen LogP) is 5.59. The summed E-state index contributed by atoms with van der Waals surface area (Å²) in [6.07, 6.45) is 8.98. The first-order valence-corrected chi connectivity index (χ1v) is 11.5. The van der Waals surface area contributed by atoms with Gasteiger partial charge in [0, 0.05) is 11.1 Å². The van der Waals surface area contributed by atoms with Crippen LogP contribution in [0.5, 0.6) is 11.5 Å². The largest absolute Gasteiger partial charge is 0.496 e. The van der Waals surface area contributed by atoms with Crippen molar-refractivity contribution in [3.63, 3.8) is 0 Å². The second-order valence-corrected chi connectivity index (χ2v) is 7.75. The molecule has 7 nitrogen and oxygen atoms in total. The Morgan fingerprint density at radius 2 is 1.82 bits per heavy atom. The number of unbranched alkanes of at least 4 members (excludes halogenated alkanes) is 5. The second kappa shape index (κ2) is 13.1. The van der Waals surface area contributed by atoms with Crippen molar-refractivity contribution in [2.75, 3.05) is 13.7 Å². The lowest BCUT2D eigenvalue weighted by atomic mass is 10.1. The van der Waals surface area contributed by atoms with E-state index >= 15 is 0 Å². The number of H-pyrrole nitrogens is 1. The van der Waals surface area contributed by atoms with Crippen molar-refractivity contribution >= 4 is 12.1 Å². The zero-order valence-corrected chi connectivity index (χ0v) is 19.3. The number of hydrogen-bond donors (Lipinski definition) is 2. The van der Waals surface area contributed by atoms with Gasteiger partial charge in [-0.1, -0.05) is 51.2 Å². The fourth-order valence-corrected chi connectivity index (χ4v) is 3.37. The van der Waals surface area contributed by atoms with E-state index in [-0.39, 0.29) is 5.91 Å². The maximum Gasteiger partial charge on any atom is 0.289 e. The Balaban J connectivity index is 1.48. The highest BCUT2D eigenvalue weighted by Gasteiger charge is 2.11. The molecule has 3 rings (SSSR count). The van der Waals surface area contributed by atoms with Crippen molar-refractivity contribution in [2.45, 2.75) is 45.4 Å². The Hall–Kier alpha value is -3.61. The quantitative estimate of drug-likeness (QED) is 0.203. The molecule has 0 fully saturated rings.